The van der Waals surface area contributed by atoms with Gasteiger partial charge in [-0.2, -0.15) is 0 Å². The number of esters is 8. The fourth-order valence-electron chi connectivity index (χ4n) is 7.20. The van der Waals surface area contributed by atoms with E-state index < -0.39 is 146 Å². The first-order valence-electron chi connectivity index (χ1n) is 20.0. The molecule has 1 aromatic rings. The van der Waals surface area contributed by atoms with E-state index in [4.69, 9.17) is 71.1 Å². The molecule has 4 rings (SSSR count). The second-order valence-corrected chi connectivity index (χ2v) is 14.8. The van der Waals surface area contributed by atoms with E-state index in [-0.39, 0.29) is 5.75 Å². The van der Waals surface area contributed by atoms with E-state index in [0.29, 0.717) is 5.75 Å². The summed E-state index contributed by atoms with van der Waals surface area (Å²) in [4.78, 5) is 100. The summed E-state index contributed by atoms with van der Waals surface area (Å²) in [5.74, 6) is -6.25. The van der Waals surface area contributed by atoms with Crippen LogP contribution in [0.3, 0.4) is 0 Å². The first kappa shape index (κ1) is 51.0. The summed E-state index contributed by atoms with van der Waals surface area (Å²) in [5.41, 5.74) is 0. The Morgan fingerprint density at radius 2 is 0.766 bits per heavy atom. The Labute approximate surface area is 367 Å². The van der Waals surface area contributed by atoms with Gasteiger partial charge in [0.1, 0.15) is 24.2 Å². The maximum absolute atomic E-state index is 12.9. The van der Waals surface area contributed by atoms with Crippen molar-refractivity contribution in [1.82, 2.24) is 0 Å². The molecule has 0 spiro atoms. The molecule has 0 bridgehead atoms. The van der Waals surface area contributed by atoms with Gasteiger partial charge in [0.25, 0.3) is 0 Å². The summed E-state index contributed by atoms with van der Waals surface area (Å²) in [5, 5.41) is 0. The van der Waals surface area contributed by atoms with Crippen molar-refractivity contribution in [3.05, 3.63) is 24.3 Å². The molecule has 23 heteroatoms. The monoisotopic (exact) mass is 914 g/mol. The van der Waals surface area contributed by atoms with Crippen LogP contribution in [0.4, 0.5) is 0 Å². The van der Waals surface area contributed by atoms with Gasteiger partial charge < -0.3 is 71.1 Å². The maximum atomic E-state index is 12.9. The quantitative estimate of drug-likeness (QED) is 0.166. The lowest BCUT2D eigenvalue weighted by Crippen LogP contribution is -2.68. The molecule has 3 aliphatic rings. The Bertz CT molecular complexity index is 1830. The first-order valence-corrected chi connectivity index (χ1v) is 20.0. The zero-order valence-electron chi connectivity index (χ0n) is 37.1. The summed E-state index contributed by atoms with van der Waals surface area (Å²) in [6.45, 7) is 10.9. The van der Waals surface area contributed by atoms with Gasteiger partial charge in [0, 0.05) is 55.4 Å². The van der Waals surface area contributed by atoms with Gasteiger partial charge in [-0.25, -0.2) is 0 Å². The van der Waals surface area contributed by atoms with Gasteiger partial charge in [-0.05, 0) is 38.1 Å². The number of carbonyl (C=O) groups is 8. The van der Waals surface area contributed by atoms with Crippen LogP contribution >= 0.6 is 0 Å². The third-order valence-corrected chi connectivity index (χ3v) is 9.51. The minimum atomic E-state index is -1.84. The van der Waals surface area contributed by atoms with Crippen molar-refractivity contribution in [2.45, 2.75) is 161 Å². The van der Waals surface area contributed by atoms with Crippen LogP contribution < -0.4 is 9.47 Å². The number of hydrogen-bond donors (Lipinski definition) is 0. The number of carbonyl (C=O) groups excluding carboxylic acids is 8. The Morgan fingerprint density at radius 1 is 0.422 bits per heavy atom. The van der Waals surface area contributed by atoms with E-state index in [9.17, 15) is 38.4 Å². The Kier molecular flexibility index (Phi) is 18.2. The third kappa shape index (κ3) is 13.9. The average Bonchev–Trinajstić information content (AvgIpc) is 3.17. The summed E-state index contributed by atoms with van der Waals surface area (Å²) in [6.07, 6.45) is -23.4. The van der Waals surface area contributed by atoms with Gasteiger partial charge in [0.15, 0.2) is 67.5 Å². The molecule has 23 nitrogen and oxygen atoms in total. The van der Waals surface area contributed by atoms with Crippen LogP contribution in [0.15, 0.2) is 24.3 Å². The van der Waals surface area contributed by atoms with E-state index in [2.05, 4.69) is 0 Å². The SMILES string of the molecule is COc1ccc(O[C@@H]2O[C@H](COC(C)=O)[C@H](OC(C)=O)[C@H](OC(C)=O)[C@H]2O[C@@H]2O[C@@H](C)[C@H](OC(C)=O)[C@@H](OC(C)=O)[C@H]2O[C@@H]2O[C@@H](C)[C@H](OC(C)=O)[C@@H](OC(C)=O)[C@H]2OC(C)=O)cc1. The molecule has 3 saturated heterocycles. The van der Waals surface area contributed by atoms with E-state index in [1.807, 2.05) is 0 Å². The molecule has 0 saturated carbocycles. The lowest BCUT2D eigenvalue weighted by atomic mass is 9.95. The minimum absolute atomic E-state index is 0.143. The van der Waals surface area contributed by atoms with Crippen molar-refractivity contribution in [3.8, 4) is 11.5 Å². The smallest absolute Gasteiger partial charge is 0.303 e. The first-order chi connectivity index (χ1) is 30.1. The molecule has 64 heavy (non-hydrogen) atoms. The van der Waals surface area contributed by atoms with Crippen molar-refractivity contribution in [2.24, 2.45) is 0 Å². The van der Waals surface area contributed by atoms with Gasteiger partial charge in [0.05, 0.1) is 19.3 Å². The molecular weight excluding hydrogens is 860 g/mol. The van der Waals surface area contributed by atoms with E-state index in [1.54, 1.807) is 12.1 Å². The predicted molar refractivity (Wildman–Crippen MR) is 206 cm³/mol. The third-order valence-electron chi connectivity index (χ3n) is 9.51. The van der Waals surface area contributed by atoms with Crippen molar-refractivity contribution in [3.63, 3.8) is 0 Å². The highest BCUT2D eigenvalue weighted by molar-refractivity contribution is 5.69. The molecule has 1 aromatic carbocycles. The Hall–Kier alpha value is -5.62. The zero-order chi connectivity index (χ0) is 47.6. The Balaban J connectivity index is 1.92. The lowest BCUT2D eigenvalue weighted by molar-refractivity contribution is -0.385. The molecule has 0 N–H and O–H groups in total. The largest absolute Gasteiger partial charge is 0.497 e. The number of ether oxygens (including phenoxy) is 15. The van der Waals surface area contributed by atoms with E-state index in [1.165, 1.54) is 33.1 Å². The Morgan fingerprint density at radius 3 is 1.19 bits per heavy atom. The summed E-state index contributed by atoms with van der Waals surface area (Å²) in [7, 11) is 1.45. The number of hydrogen-bond acceptors (Lipinski definition) is 23. The molecule has 0 amide bonds. The molecule has 356 valence electrons. The van der Waals surface area contributed by atoms with Gasteiger partial charge in [-0.3, -0.25) is 38.4 Å². The molecule has 15 atom stereocenters. The maximum Gasteiger partial charge on any atom is 0.303 e. The van der Waals surface area contributed by atoms with Crippen molar-refractivity contribution < 1.29 is 109 Å². The molecular formula is C41H54O23. The standard InChI is InChI=1S/C41H54O23/c1-17-30(54-20(4)43)33(57-23(7)46)36(60-26(10)49)39(52-17)63-37-34(58-24(8)47)31(55-21(5)44)18(2)53-40(37)64-38-35(59-25(9)48)32(56-22(6)45)29(16-51-19(3)42)62-41(38)61-28-14-12-27(50-11)13-15-28/h12-15,17-18,29-41H,16H2,1-11H3/t17-,18-,29+,30-,31-,32-,33+,34+,35-,36+,37+,38+,39-,40-,41+/m0/s1. The second-order valence-electron chi connectivity index (χ2n) is 14.8. The van der Waals surface area contributed by atoms with Crippen LogP contribution in [0.5, 0.6) is 11.5 Å². The normalized spacial score (nSPS) is 32.3. The number of benzene rings is 1. The average molecular weight is 915 g/mol. The fraction of sp³-hybridized carbons (Fsp3) is 0.659. The van der Waals surface area contributed by atoms with Gasteiger partial charge in [-0.1, -0.05) is 0 Å². The molecule has 0 radical (unpaired) electrons. The van der Waals surface area contributed by atoms with Crippen LogP contribution in [0, 0.1) is 0 Å². The van der Waals surface area contributed by atoms with E-state index in [0.717, 1.165) is 55.4 Å². The number of methoxy groups -OCH3 is 1. The topological polar surface area (TPSA) is 275 Å². The molecule has 3 aliphatic heterocycles. The number of rotatable bonds is 16. The molecule has 3 heterocycles. The highest BCUT2D eigenvalue weighted by Crippen LogP contribution is 2.38. The lowest BCUT2D eigenvalue weighted by Gasteiger charge is -2.50. The van der Waals surface area contributed by atoms with Crippen molar-refractivity contribution in [1.29, 1.82) is 0 Å². The van der Waals surface area contributed by atoms with E-state index >= 15 is 0 Å². The fourth-order valence-corrected chi connectivity index (χ4v) is 7.20. The van der Waals surface area contributed by atoms with Crippen LogP contribution in [0.25, 0.3) is 0 Å². The van der Waals surface area contributed by atoms with Crippen molar-refractivity contribution in [2.75, 3.05) is 13.7 Å². The van der Waals surface area contributed by atoms with Gasteiger partial charge in [0.2, 0.25) is 6.29 Å². The summed E-state index contributed by atoms with van der Waals surface area (Å²) < 4.78 is 87.8. The van der Waals surface area contributed by atoms with Crippen LogP contribution in [0.1, 0.15) is 69.2 Å². The molecule has 3 fully saturated rings. The molecule has 0 unspecified atom stereocenters. The highest BCUT2D eigenvalue weighted by Gasteiger charge is 2.59. The van der Waals surface area contributed by atoms with Gasteiger partial charge >= 0.3 is 47.8 Å². The molecule has 0 aromatic heterocycles. The molecule has 0 aliphatic carbocycles. The summed E-state index contributed by atoms with van der Waals surface area (Å²) >= 11 is 0. The summed E-state index contributed by atoms with van der Waals surface area (Å²) in [6, 6.07) is 6.13. The predicted octanol–water partition coefficient (Wildman–Crippen LogP) is 1.14. The van der Waals surface area contributed by atoms with Gasteiger partial charge in [-0.15, -0.1) is 0 Å². The highest BCUT2D eigenvalue weighted by atomic mass is 16.8. The van der Waals surface area contributed by atoms with Crippen LogP contribution in [-0.4, -0.2) is 154 Å². The minimum Gasteiger partial charge on any atom is -0.497 e. The second kappa shape index (κ2) is 22.8. The zero-order valence-corrected chi connectivity index (χ0v) is 37.1. The van der Waals surface area contributed by atoms with Crippen LogP contribution in [-0.2, 0) is 99.9 Å². The van der Waals surface area contributed by atoms with Crippen molar-refractivity contribution >= 4 is 47.8 Å². The van der Waals surface area contributed by atoms with Crippen LogP contribution in [0.2, 0.25) is 0 Å².